The van der Waals surface area contributed by atoms with Crippen LogP contribution in [-0.2, 0) is 14.3 Å². The molecule has 1 aromatic carbocycles. The van der Waals surface area contributed by atoms with Crippen molar-refractivity contribution in [3.8, 4) is 0 Å². The highest BCUT2D eigenvalue weighted by Gasteiger charge is 2.42. The van der Waals surface area contributed by atoms with E-state index in [1.54, 1.807) is 24.3 Å². The third kappa shape index (κ3) is 3.12. The largest absolute Gasteiger partial charge is 0.352 e. The van der Waals surface area contributed by atoms with E-state index in [0.717, 1.165) is 30.6 Å². The molecule has 0 aromatic heterocycles. The Labute approximate surface area is 151 Å². The van der Waals surface area contributed by atoms with Crippen LogP contribution in [0, 0.1) is 0 Å². The molecule has 1 saturated carbocycles. The van der Waals surface area contributed by atoms with Crippen molar-refractivity contribution in [3.05, 3.63) is 35.4 Å². The fourth-order valence-electron chi connectivity index (χ4n) is 3.88. The number of hydrogen-bond donors (Lipinski definition) is 1. The monoisotopic (exact) mass is 358 g/mol. The molecule has 7 heteroatoms. The van der Waals surface area contributed by atoms with E-state index in [-0.39, 0.29) is 18.6 Å². The Morgan fingerprint density at radius 3 is 2.42 bits per heavy atom. The zero-order valence-corrected chi connectivity index (χ0v) is 14.5. The van der Waals surface area contributed by atoms with Crippen LogP contribution in [0.1, 0.15) is 52.8 Å². The highest BCUT2D eigenvalue weighted by molar-refractivity contribution is 6.22. The van der Waals surface area contributed by atoms with Gasteiger partial charge in [0.2, 0.25) is 5.91 Å². The zero-order chi connectivity index (χ0) is 18.1. The number of imide groups is 1. The van der Waals surface area contributed by atoms with Crippen LogP contribution in [0.15, 0.2) is 24.3 Å². The molecule has 1 saturated heterocycles. The van der Waals surface area contributed by atoms with E-state index in [1.807, 2.05) is 0 Å². The molecular formula is C19H22N2O5. The molecule has 1 aliphatic carbocycles. The van der Waals surface area contributed by atoms with Gasteiger partial charge >= 0.3 is 0 Å². The lowest BCUT2D eigenvalue weighted by molar-refractivity contribution is -0.186. The first-order valence-electron chi connectivity index (χ1n) is 9.12. The Morgan fingerprint density at radius 1 is 1.12 bits per heavy atom. The van der Waals surface area contributed by atoms with Crippen molar-refractivity contribution < 1.29 is 23.9 Å². The smallest absolute Gasteiger partial charge is 0.262 e. The first-order chi connectivity index (χ1) is 12.6. The van der Waals surface area contributed by atoms with Gasteiger partial charge in [0.1, 0.15) is 12.6 Å². The molecule has 2 aliphatic heterocycles. The van der Waals surface area contributed by atoms with Gasteiger partial charge in [0, 0.05) is 19.4 Å². The molecule has 1 atom stereocenters. The Hall–Kier alpha value is -2.25. The number of hydrogen-bond acceptors (Lipinski definition) is 5. The summed E-state index contributed by atoms with van der Waals surface area (Å²) in [5, 5.41) is 2.75. The van der Waals surface area contributed by atoms with E-state index in [9.17, 15) is 14.4 Å². The second-order valence-electron chi connectivity index (χ2n) is 7.07. The molecule has 26 heavy (non-hydrogen) atoms. The number of nitrogens with zero attached hydrogens (tertiary/aromatic N) is 1. The molecular weight excluding hydrogens is 336 g/mol. The molecule has 0 bridgehead atoms. The summed E-state index contributed by atoms with van der Waals surface area (Å²) in [6.45, 7) is 0.474. The lowest BCUT2D eigenvalue weighted by Gasteiger charge is -2.31. The topological polar surface area (TPSA) is 84.9 Å². The number of fused-ring (bicyclic) bond motifs is 1. The van der Waals surface area contributed by atoms with Gasteiger partial charge in [0.15, 0.2) is 5.79 Å². The van der Waals surface area contributed by atoms with Crippen molar-refractivity contribution in [2.75, 3.05) is 19.7 Å². The molecule has 2 heterocycles. The first kappa shape index (κ1) is 17.2. The maximum Gasteiger partial charge on any atom is 0.262 e. The average molecular weight is 358 g/mol. The summed E-state index contributed by atoms with van der Waals surface area (Å²) >= 11 is 0. The summed E-state index contributed by atoms with van der Waals surface area (Å²) in [5.41, 5.74) is 0.689. The van der Waals surface area contributed by atoms with Crippen molar-refractivity contribution in [3.63, 3.8) is 0 Å². The third-order valence-corrected chi connectivity index (χ3v) is 5.24. The van der Waals surface area contributed by atoms with E-state index < -0.39 is 17.6 Å². The van der Waals surface area contributed by atoms with Crippen molar-refractivity contribution >= 4 is 17.7 Å². The van der Waals surface area contributed by atoms with Crippen LogP contribution >= 0.6 is 0 Å². The lowest BCUT2D eigenvalue weighted by Crippen LogP contribution is -2.43. The van der Waals surface area contributed by atoms with Crippen LogP contribution in [-0.4, -0.2) is 54.2 Å². The zero-order valence-electron chi connectivity index (χ0n) is 14.5. The van der Waals surface area contributed by atoms with Crippen LogP contribution in [0.5, 0.6) is 0 Å². The Bertz CT molecular complexity index is 706. The minimum Gasteiger partial charge on any atom is -0.352 e. The van der Waals surface area contributed by atoms with Crippen molar-refractivity contribution in [2.45, 2.75) is 44.0 Å². The number of carbonyl (C=O) groups excluding carboxylic acids is 3. The summed E-state index contributed by atoms with van der Waals surface area (Å²) in [7, 11) is 0. The van der Waals surface area contributed by atoms with E-state index in [1.165, 1.54) is 6.42 Å². The molecule has 7 nitrogen and oxygen atoms in total. The van der Waals surface area contributed by atoms with E-state index in [0.29, 0.717) is 24.3 Å². The molecule has 2 fully saturated rings. The number of ether oxygens (including phenoxy) is 2. The number of benzene rings is 1. The highest BCUT2D eigenvalue weighted by atomic mass is 16.7. The third-order valence-electron chi connectivity index (χ3n) is 5.24. The molecule has 138 valence electrons. The summed E-state index contributed by atoms with van der Waals surface area (Å²) in [6, 6.07) is 6.60. The maximum absolute atomic E-state index is 12.3. The van der Waals surface area contributed by atoms with Crippen molar-refractivity contribution in [2.24, 2.45) is 0 Å². The van der Waals surface area contributed by atoms with Gasteiger partial charge in [-0.1, -0.05) is 18.6 Å². The number of nitrogens with one attached hydrogen (secondary N) is 1. The van der Waals surface area contributed by atoms with Gasteiger partial charge in [-0.15, -0.1) is 0 Å². The quantitative estimate of drug-likeness (QED) is 0.824. The molecule has 0 unspecified atom stereocenters. The van der Waals surface area contributed by atoms with Crippen LogP contribution in [0.3, 0.4) is 0 Å². The summed E-state index contributed by atoms with van der Waals surface area (Å²) in [6.07, 6.45) is 4.99. The second-order valence-corrected chi connectivity index (χ2v) is 7.07. The minimum atomic E-state index is -0.476. The van der Waals surface area contributed by atoms with E-state index >= 15 is 0 Å². The molecule has 1 N–H and O–H groups in total. The van der Waals surface area contributed by atoms with Gasteiger partial charge in [-0.3, -0.25) is 19.3 Å². The van der Waals surface area contributed by atoms with E-state index in [2.05, 4.69) is 5.32 Å². The van der Waals surface area contributed by atoms with Crippen molar-refractivity contribution in [1.29, 1.82) is 0 Å². The van der Waals surface area contributed by atoms with Gasteiger partial charge in [0.05, 0.1) is 17.7 Å². The van der Waals surface area contributed by atoms with Crippen LogP contribution < -0.4 is 5.32 Å². The highest BCUT2D eigenvalue weighted by Crippen LogP contribution is 2.37. The fourth-order valence-corrected chi connectivity index (χ4v) is 3.88. The number of amides is 3. The molecule has 1 spiro atoms. The summed E-state index contributed by atoms with van der Waals surface area (Å²) in [4.78, 5) is 37.8. The molecule has 0 radical (unpaired) electrons. The van der Waals surface area contributed by atoms with Crippen LogP contribution in [0.4, 0.5) is 0 Å². The fraction of sp³-hybridized carbons (Fsp3) is 0.526. The van der Waals surface area contributed by atoms with Gasteiger partial charge in [-0.05, 0) is 25.0 Å². The molecule has 3 aliphatic rings. The standard InChI is InChI=1S/C19H22N2O5/c22-16(11-21-17(23)14-6-2-3-7-15(14)18(21)24)20-10-13-12-25-19(26-13)8-4-1-5-9-19/h2-3,6-7,13H,1,4-5,8-12H2,(H,20,22)/t13-/m1/s1. The second kappa shape index (κ2) is 6.81. The summed E-state index contributed by atoms with van der Waals surface area (Å²) in [5.74, 6) is -1.71. The Kier molecular flexibility index (Phi) is 4.50. The van der Waals surface area contributed by atoms with Gasteiger partial charge < -0.3 is 14.8 Å². The predicted octanol–water partition coefficient (Wildman–Crippen LogP) is 1.47. The number of carbonyl (C=O) groups is 3. The average Bonchev–Trinajstić information content (AvgIpc) is 3.16. The first-order valence-corrected chi connectivity index (χ1v) is 9.12. The predicted molar refractivity (Wildman–Crippen MR) is 91.5 cm³/mol. The Balaban J connectivity index is 1.29. The van der Waals surface area contributed by atoms with Gasteiger partial charge in [-0.2, -0.15) is 0 Å². The van der Waals surface area contributed by atoms with Crippen LogP contribution in [0.25, 0.3) is 0 Å². The SMILES string of the molecule is O=C(CN1C(=O)c2ccccc2C1=O)NC[C@@H]1COC2(CCCCC2)O1. The van der Waals surface area contributed by atoms with Crippen LogP contribution in [0.2, 0.25) is 0 Å². The normalized spacial score (nSPS) is 24.2. The Morgan fingerprint density at radius 2 is 1.77 bits per heavy atom. The minimum absolute atomic E-state index is 0.195. The molecule has 3 amide bonds. The molecule has 4 rings (SSSR count). The number of rotatable bonds is 4. The van der Waals surface area contributed by atoms with Gasteiger partial charge in [0.25, 0.3) is 11.8 Å². The maximum atomic E-state index is 12.3. The summed E-state index contributed by atoms with van der Waals surface area (Å²) < 4.78 is 11.9. The van der Waals surface area contributed by atoms with Crippen molar-refractivity contribution in [1.82, 2.24) is 10.2 Å². The van der Waals surface area contributed by atoms with E-state index in [4.69, 9.17) is 9.47 Å². The molecule has 1 aromatic rings. The lowest BCUT2D eigenvalue weighted by atomic mass is 9.94. The van der Waals surface area contributed by atoms with Gasteiger partial charge in [-0.25, -0.2) is 0 Å².